The van der Waals surface area contributed by atoms with Crippen LogP contribution in [-0.4, -0.2) is 14.9 Å². The number of aliphatic hydroxyl groups is 1. The highest BCUT2D eigenvalue weighted by Crippen LogP contribution is 2.22. The fourth-order valence-corrected chi connectivity index (χ4v) is 1.42. The predicted molar refractivity (Wildman–Crippen MR) is 55.6 cm³/mol. The van der Waals surface area contributed by atoms with Gasteiger partial charge in [-0.3, -0.25) is 0 Å². The minimum Gasteiger partial charge on any atom is -0.382 e. The van der Waals surface area contributed by atoms with Gasteiger partial charge in [-0.25, -0.2) is 4.68 Å². The van der Waals surface area contributed by atoms with Gasteiger partial charge in [-0.1, -0.05) is 18.7 Å². The fourth-order valence-electron chi connectivity index (χ4n) is 1.42. The van der Waals surface area contributed by atoms with E-state index in [0.29, 0.717) is 5.82 Å². The van der Waals surface area contributed by atoms with Crippen molar-refractivity contribution in [2.75, 3.05) is 5.73 Å². The molecule has 4 heteroatoms. The molecule has 72 valence electrons. The number of nitrogens with two attached hydrogens (primary N) is 1. The Morgan fingerprint density at radius 2 is 2.21 bits per heavy atom. The standard InChI is InChI=1S/C10H11N3O/c1-2-9(14)13-8-6-4-3-5-7(8)10(11)12-13/h2-6,9,14H,1H2,(H2,11,12). The zero-order valence-electron chi connectivity index (χ0n) is 7.59. The van der Waals surface area contributed by atoms with E-state index in [9.17, 15) is 5.11 Å². The zero-order valence-corrected chi connectivity index (χ0v) is 7.59. The van der Waals surface area contributed by atoms with Crippen molar-refractivity contribution in [2.24, 2.45) is 0 Å². The Morgan fingerprint density at radius 1 is 1.50 bits per heavy atom. The summed E-state index contributed by atoms with van der Waals surface area (Å²) in [4.78, 5) is 0. The smallest absolute Gasteiger partial charge is 0.166 e. The molecular formula is C10H11N3O. The van der Waals surface area contributed by atoms with Crippen molar-refractivity contribution in [3.63, 3.8) is 0 Å². The van der Waals surface area contributed by atoms with Crippen molar-refractivity contribution >= 4 is 16.7 Å². The molecule has 0 bridgehead atoms. The van der Waals surface area contributed by atoms with Gasteiger partial charge < -0.3 is 10.8 Å². The molecule has 1 heterocycles. The summed E-state index contributed by atoms with van der Waals surface area (Å²) < 4.78 is 1.44. The highest BCUT2D eigenvalue weighted by molar-refractivity contribution is 5.89. The second-order valence-electron chi connectivity index (χ2n) is 3.00. The molecule has 1 aromatic heterocycles. The number of fused-ring (bicyclic) bond motifs is 1. The number of aliphatic hydroxyl groups excluding tert-OH is 1. The second-order valence-corrected chi connectivity index (χ2v) is 3.00. The summed E-state index contributed by atoms with van der Waals surface area (Å²) in [7, 11) is 0. The topological polar surface area (TPSA) is 64.1 Å². The van der Waals surface area contributed by atoms with E-state index in [0.717, 1.165) is 10.9 Å². The molecule has 14 heavy (non-hydrogen) atoms. The van der Waals surface area contributed by atoms with Gasteiger partial charge in [-0.15, -0.1) is 0 Å². The first-order chi connectivity index (χ1) is 6.74. The van der Waals surface area contributed by atoms with Crippen molar-refractivity contribution in [3.05, 3.63) is 36.9 Å². The van der Waals surface area contributed by atoms with Crippen molar-refractivity contribution in [1.82, 2.24) is 9.78 Å². The largest absolute Gasteiger partial charge is 0.382 e. The molecule has 1 unspecified atom stereocenters. The molecule has 2 aromatic rings. The van der Waals surface area contributed by atoms with Crippen LogP contribution in [0.5, 0.6) is 0 Å². The number of benzene rings is 1. The molecule has 0 aliphatic rings. The summed E-state index contributed by atoms with van der Waals surface area (Å²) in [5.41, 5.74) is 6.50. The third kappa shape index (κ3) is 1.16. The lowest BCUT2D eigenvalue weighted by atomic mass is 10.2. The lowest BCUT2D eigenvalue weighted by Crippen LogP contribution is -2.06. The quantitative estimate of drug-likeness (QED) is 0.700. The molecule has 0 amide bonds. The van der Waals surface area contributed by atoms with Crippen LogP contribution in [0.1, 0.15) is 6.23 Å². The minimum atomic E-state index is -0.836. The van der Waals surface area contributed by atoms with E-state index in [4.69, 9.17) is 5.73 Å². The number of hydrogen-bond donors (Lipinski definition) is 2. The van der Waals surface area contributed by atoms with E-state index in [-0.39, 0.29) is 0 Å². The molecule has 1 atom stereocenters. The highest BCUT2D eigenvalue weighted by Gasteiger charge is 2.10. The molecule has 0 fully saturated rings. The van der Waals surface area contributed by atoms with Gasteiger partial charge in [0.15, 0.2) is 12.0 Å². The summed E-state index contributed by atoms with van der Waals surface area (Å²) in [5.74, 6) is 0.418. The van der Waals surface area contributed by atoms with Crippen LogP contribution in [0, 0.1) is 0 Å². The summed E-state index contributed by atoms with van der Waals surface area (Å²) in [6, 6.07) is 7.47. The lowest BCUT2D eigenvalue weighted by molar-refractivity contribution is 0.146. The number of hydrogen-bond acceptors (Lipinski definition) is 3. The Labute approximate surface area is 81.3 Å². The second kappa shape index (κ2) is 3.16. The fraction of sp³-hybridized carbons (Fsp3) is 0.100. The Balaban J connectivity index is 2.72. The molecule has 0 saturated carbocycles. The van der Waals surface area contributed by atoms with Crippen molar-refractivity contribution in [2.45, 2.75) is 6.23 Å². The van der Waals surface area contributed by atoms with Gasteiger partial charge in [0.25, 0.3) is 0 Å². The van der Waals surface area contributed by atoms with Gasteiger partial charge in [-0.05, 0) is 18.2 Å². The average molecular weight is 189 g/mol. The minimum absolute atomic E-state index is 0.418. The van der Waals surface area contributed by atoms with Gasteiger partial charge in [0, 0.05) is 5.39 Å². The van der Waals surface area contributed by atoms with Crippen LogP contribution in [-0.2, 0) is 0 Å². The van der Waals surface area contributed by atoms with Crippen LogP contribution in [0.4, 0.5) is 5.82 Å². The van der Waals surface area contributed by atoms with Crippen molar-refractivity contribution in [3.8, 4) is 0 Å². The Bertz CT molecular complexity index is 475. The molecular weight excluding hydrogens is 178 g/mol. The first-order valence-electron chi connectivity index (χ1n) is 4.27. The van der Waals surface area contributed by atoms with Gasteiger partial charge in [0.05, 0.1) is 5.52 Å². The molecule has 3 N–H and O–H groups in total. The predicted octanol–water partition coefficient (Wildman–Crippen LogP) is 1.30. The number of nitrogens with zero attached hydrogens (tertiary/aromatic N) is 2. The van der Waals surface area contributed by atoms with Crippen LogP contribution in [0.25, 0.3) is 10.9 Å². The molecule has 0 saturated heterocycles. The average Bonchev–Trinajstić information content (AvgIpc) is 2.56. The third-order valence-corrected chi connectivity index (χ3v) is 2.10. The first kappa shape index (κ1) is 8.77. The maximum Gasteiger partial charge on any atom is 0.166 e. The SMILES string of the molecule is C=CC(O)n1nc(N)c2ccccc21. The lowest BCUT2D eigenvalue weighted by Gasteiger charge is -2.05. The van der Waals surface area contributed by atoms with E-state index in [2.05, 4.69) is 11.7 Å². The Kier molecular flexibility index (Phi) is 1.98. The number of nitrogen functional groups attached to an aromatic ring is 1. The summed E-state index contributed by atoms with van der Waals surface area (Å²) in [6.45, 7) is 3.50. The molecule has 0 aliphatic carbocycles. The molecule has 0 spiro atoms. The number of anilines is 1. The molecule has 1 aromatic carbocycles. The maximum absolute atomic E-state index is 9.57. The normalized spacial score (nSPS) is 12.9. The van der Waals surface area contributed by atoms with Gasteiger partial charge in [0.2, 0.25) is 0 Å². The zero-order chi connectivity index (χ0) is 10.1. The number of para-hydroxylation sites is 1. The van der Waals surface area contributed by atoms with Crippen molar-refractivity contribution < 1.29 is 5.11 Å². The van der Waals surface area contributed by atoms with E-state index >= 15 is 0 Å². The van der Waals surface area contributed by atoms with Crippen LogP contribution >= 0.6 is 0 Å². The molecule has 0 aliphatic heterocycles. The molecule has 4 nitrogen and oxygen atoms in total. The van der Waals surface area contributed by atoms with Crippen molar-refractivity contribution in [1.29, 1.82) is 0 Å². The van der Waals surface area contributed by atoms with E-state index in [1.54, 1.807) is 0 Å². The van der Waals surface area contributed by atoms with Crippen LogP contribution in [0.15, 0.2) is 36.9 Å². The van der Waals surface area contributed by atoms with E-state index in [1.165, 1.54) is 10.8 Å². The van der Waals surface area contributed by atoms with Gasteiger partial charge >= 0.3 is 0 Å². The van der Waals surface area contributed by atoms with E-state index < -0.39 is 6.23 Å². The summed E-state index contributed by atoms with van der Waals surface area (Å²) in [6.07, 6.45) is 0.566. The van der Waals surface area contributed by atoms with Crippen LogP contribution in [0.3, 0.4) is 0 Å². The third-order valence-electron chi connectivity index (χ3n) is 2.10. The Hall–Kier alpha value is -1.81. The number of rotatable bonds is 2. The monoisotopic (exact) mass is 189 g/mol. The van der Waals surface area contributed by atoms with Crippen LogP contribution in [0.2, 0.25) is 0 Å². The summed E-state index contributed by atoms with van der Waals surface area (Å²) in [5, 5.41) is 14.4. The first-order valence-corrected chi connectivity index (χ1v) is 4.27. The van der Waals surface area contributed by atoms with Gasteiger partial charge in [0.1, 0.15) is 0 Å². The van der Waals surface area contributed by atoms with E-state index in [1.807, 2.05) is 24.3 Å². The highest BCUT2D eigenvalue weighted by atomic mass is 16.3. The maximum atomic E-state index is 9.57. The Morgan fingerprint density at radius 3 is 2.93 bits per heavy atom. The van der Waals surface area contributed by atoms with Crippen LogP contribution < -0.4 is 5.73 Å². The molecule has 2 rings (SSSR count). The molecule has 0 radical (unpaired) electrons. The summed E-state index contributed by atoms with van der Waals surface area (Å²) >= 11 is 0. The van der Waals surface area contributed by atoms with Gasteiger partial charge in [-0.2, -0.15) is 5.10 Å². The number of aromatic nitrogens is 2.